The van der Waals surface area contributed by atoms with Gasteiger partial charge in [0.1, 0.15) is 4.70 Å². The molecule has 0 aliphatic carbocycles. The van der Waals surface area contributed by atoms with Gasteiger partial charge in [0.05, 0.1) is 31.6 Å². The molecule has 6 heteroatoms. The van der Waals surface area contributed by atoms with Crippen molar-refractivity contribution in [1.82, 2.24) is 9.55 Å². The third kappa shape index (κ3) is 2.29. The van der Waals surface area contributed by atoms with Crippen LogP contribution in [-0.2, 0) is 11.3 Å². The third-order valence-corrected chi connectivity index (χ3v) is 3.07. The molecule has 2 aromatic heterocycles. The zero-order valence-electron chi connectivity index (χ0n) is 8.76. The van der Waals surface area contributed by atoms with Crippen LogP contribution in [-0.4, -0.2) is 29.3 Å². The summed E-state index contributed by atoms with van der Waals surface area (Å²) in [7, 11) is 0. The van der Waals surface area contributed by atoms with Gasteiger partial charge in [-0.25, -0.2) is 4.98 Å². The van der Waals surface area contributed by atoms with Crippen LogP contribution in [0.25, 0.3) is 10.2 Å². The molecule has 0 aliphatic heterocycles. The van der Waals surface area contributed by atoms with Gasteiger partial charge in [0, 0.05) is 6.54 Å². The Morgan fingerprint density at radius 2 is 2.38 bits per heavy atom. The number of hydrogen-bond acceptors (Lipinski definition) is 5. The van der Waals surface area contributed by atoms with Crippen LogP contribution in [0.15, 0.2) is 22.6 Å². The maximum Gasteiger partial charge on any atom is 0.271 e. The maximum atomic E-state index is 11.9. The molecule has 86 valence electrons. The fraction of sp³-hybridized carbons (Fsp3) is 0.400. The second-order valence-electron chi connectivity index (χ2n) is 3.28. The van der Waals surface area contributed by atoms with E-state index in [4.69, 9.17) is 10.5 Å². The molecule has 0 fully saturated rings. The second kappa shape index (κ2) is 5.20. The van der Waals surface area contributed by atoms with Crippen LogP contribution in [0.4, 0.5) is 0 Å². The molecule has 5 nitrogen and oxygen atoms in total. The molecule has 16 heavy (non-hydrogen) atoms. The van der Waals surface area contributed by atoms with Gasteiger partial charge in [-0.15, -0.1) is 11.3 Å². The van der Waals surface area contributed by atoms with E-state index in [1.165, 1.54) is 11.3 Å². The Hall–Kier alpha value is -1.24. The molecular formula is C10H13N3O2S. The molecule has 2 N–H and O–H groups in total. The highest BCUT2D eigenvalue weighted by Crippen LogP contribution is 2.12. The van der Waals surface area contributed by atoms with Crippen molar-refractivity contribution in [3.63, 3.8) is 0 Å². The third-order valence-electron chi connectivity index (χ3n) is 2.17. The van der Waals surface area contributed by atoms with Crippen molar-refractivity contribution < 1.29 is 4.74 Å². The molecule has 0 aliphatic rings. The van der Waals surface area contributed by atoms with E-state index in [-0.39, 0.29) is 5.56 Å². The molecule has 0 atom stereocenters. The SMILES string of the molecule is NCCOCCn1cnc2ccsc2c1=O. The molecule has 2 rings (SSSR count). The molecule has 2 heterocycles. The predicted octanol–water partition coefficient (Wildman–Crippen LogP) is 0.433. The number of aromatic nitrogens is 2. The van der Waals surface area contributed by atoms with Crippen LogP contribution in [0.3, 0.4) is 0 Å². The van der Waals surface area contributed by atoms with E-state index >= 15 is 0 Å². The van der Waals surface area contributed by atoms with Gasteiger partial charge >= 0.3 is 0 Å². The van der Waals surface area contributed by atoms with Gasteiger partial charge in [-0.05, 0) is 11.4 Å². The highest BCUT2D eigenvalue weighted by Gasteiger charge is 2.04. The zero-order valence-corrected chi connectivity index (χ0v) is 9.57. The van der Waals surface area contributed by atoms with Gasteiger partial charge in [-0.1, -0.05) is 0 Å². The van der Waals surface area contributed by atoms with Crippen molar-refractivity contribution in [3.8, 4) is 0 Å². The molecule has 2 aromatic rings. The molecular weight excluding hydrogens is 226 g/mol. The van der Waals surface area contributed by atoms with Crippen LogP contribution in [0, 0.1) is 0 Å². The summed E-state index contributed by atoms with van der Waals surface area (Å²) < 4.78 is 7.49. The summed E-state index contributed by atoms with van der Waals surface area (Å²) in [6.45, 7) is 2.01. The summed E-state index contributed by atoms with van der Waals surface area (Å²) in [5.41, 5.74) is 6.05. The van der Waals surface area contributed by atoms with Gasteiger partial charge in [0.15, 0.2) is 0 Å². The number of rotatable bonds is 5. The Morgan fingerprint density at radius 3 is 3.19 bits per heavy atom. The Bertz CT molecular complexity index is 520. The lowest BCUT2D eigenvalue weighted by molar-refractivity contribution is 0.132. The van der Waals surface area contributed by atoms with Gasteiger partial charge in [-0.3, -0.25) is 9.36 Å². The van der Waals surface area contributed by atoms with E-state index in [1.807, 2.05) is 11.4 Å². The van der Waals surface area contributed by atoms with Crippen molar-refractivity contribution in [1.29, 1.82) is 0 Å². The highest BCUT2D eigenvalue weighted by atomic mass is 32.1. The first-order chi connectivity index (χ1) is 7.83. The van der Waals surface area contributed by atoms with E-state index in [1.54, 1.807) is 10.9 Å². The summed E-state index contributed by atoms with van der Waals surface area (Å²) in [4.78, 5) is 16.1. The monoisotopic (exact) mass is 239 g/mol. The zero-order chi connectivity index (χ0) is 11.4. The normalized spacial score (nSPS) is 11.1. The lowest BCUT2D eigenvalue weighted by Crippen LogP contribution is -2.22. The van der Waals surface area contributed by atoms with Crippen molar-refractivity contribution in [3.05, 3.63) is 28.1 Å². The molecule has 0 aromatic carbocycles. The average Bonchev–Trinajstić information content (AvgIpc) is 2.76. The highest BCUT2D eigenvalue weighted by molar-refractivity contribution is 7.17. The Balaban J connectivity index is 2.12. The number of fused-ring (bicyclic) bond motifs is 1. The lowest BCUT2D eigenvalue weighted by atomic mass is 10.4. The minimum absolute atomic E-state index is 0.00338. The van der Waals surface area contributed by atoms with Crippen LogP contribution in [0.5, 0.6) is 0 Å². The first-order valence-electron chi connectivity index (χ1n) is 5.03. The van der Waals surface area contributed by atoms with Crippen LogP contribution in [0.2, 0.25) is 0 Å². The Kier molecular flexibility index (Phi) is 3.66. The van der Waals surface area contributed by atoms with Gasteiger partial charge < -0.3 is 10.5 Å². The molecule has 0 amide bonds. The average molecular weight is 239 g/mol. The van der Waals surface area contributed by atoms with Crippen LogP contribution < -0.4 is 11.3 Å². The topological polar surface area (TPSA) is 70.1 Å². The van der Waals surface area contributed by atoms with Crippen molar-refractivity contribution in [2.24, 2.45) is 5.73 Å². The molecule has 0 saturated carbocycles. The van der Waals surface area contributed by atoms with Crippen LogP contribution >= 0.6 is 11.3 Å². The summed E-state index contributed by atoms with van der Waals surface area (Å²) in [6.07, 6.45) is 1.56. The molecule has 0 unspecified atom stereocenters. The largest absolute Gasteiger partial charge is 0.378 e. The Labute approximate surface area is 96.5 Å². The smallest absolute Gasteiger partial charge is 0.271 e. The second-order valence-corrected chi connectivity index (χ2v) is 4.20. The summed E-state index contributed by atoms with van der Waals surface area (Å²) in [6, 6.07) is 1.84. The molecule has 0 saturated heterocycles. The summed E-state index contributed by atoms with van der Waals surface area (Å²) >= 11 is 1.42. The van der Waals surface area contributed by atoms with E-state index in [0.717, 1.165) is 5.52 Å². The van der Waals surface area contributed by atoms with E-state index in [2.05, 4.69) is 4.98 Å². The van der Waals surface area contributed by atoms with Gasteiger partial charge in [0.25, 0.3) is 5.56 Å². The van der Waals surface area contributed by atoms with Crippen molar-refractivity contribution >= 4 is 21.6 Å². The number of thiophene rings is 1. The van der Waals surface area contributed by atoms with Crippen molar-refractivity contribution in [2.75, 3.05) is 19.8 Å². The standard InChI is InChI=1S/C10H13N3O2S/c11-2-4-15-5-3-13-7-12-8-1-6-16-9(8)10(13)14/h1,6-7H,2-5,11H2. The number of nitrogens with zero attached hydrogens (tertiary/aromatic N) is 2. The molecule has 0 bridgehead atoms. The number of ether oxygens (including phenoxy) is 1. The lowest BCUT2D eigenvalue weighted by Gasteiger charge is -2.05. The minimum atomic E-state index is -0.00338. The predicted molar refractivity (Wildman–Crippen MR) is 63.8 cm³/mol. The fourth-order valence-electron chi connectivity index (χ4n) is 1.39. The Morgan fingerprint density at radius 1 is 1.50 bits per heavy atom. The fourth-order valence-corrected chi connectivity index (χ4v) is 2.18. The van der Waals surface area contributed by atoms with Gasteiger partial charge in [0.2, 0.25) is 0 Å². The maximum absolute atomic E-state index is 11.9. The van der Waals surface area contributed by atoms with E-state index in [9.17, 15) is 4.79 Å². The number of nitrogens with two attached hydrogens (primary N) is 1. The number of hydrogen-bond donors (Lipinski definition) is 1. The van der Waals surface area contributed by atoms with Crippen LogP contribution in [0.1, 0.15) is 0 Å². The first kappa shape index (κ1) is 11.3. The van der Waals surface area contributed by atoms with E-state index in [0.29, 0.717) is 31.0 Å². The van der Waals surface area contributed by atoms with Crippen molar-refractivity contribution in [2.45, 2.75) is 6.54 Å². The first-order valence-corrected chi connectivity index (χ1v) is 5.91. The molecule has 0 spiro atoms. The minimum Gasteiger partial charge on any atom is -0.378 e. The summed E-state index contributed by atoms with van der Waals surface area (Å²) in [5.74, 6) is 0. The van der Waals surface area contributed by atoms with E-state index < -0.39 is 0 Å². The quantitative estimate of drug-likeness (QED) is 0.768. The van der Waals surface area contributed by atoms with Gasteiger partial charge in [-0.2, -0.15) is 0 Å². The molecule has 0 radical (unpaired) electrons. The summed E-state index contributed by atoms with van der Waals surface area (Å²) in [5, 5.41) is 1.87.